The van der Waals surface area contributed by atoms with Crippen molar-refractivity contribution in [2.45, 2.75) is 57.0 Å². The molecule has 0 fully saturated rings. The van der Waals surface area contributed by atoms with E-state index < -0.39 is 0 Å². The molecule has 12 aromatic rings. The Morgan fingerprint density at radius 1 is 0.402 bits per heavy atom. The summed E-state index contributed by atoms with van der Waals surface area (Å²) in [6.07, 6.45) is 5.83. The van der Waals surface area contributed by atoms with E-state index in [2.05, 4.69) is 91.4 Å². The van der Waals surface area contributed by atoms with E-state index >= 15 is 0 Å². The monoisotopic (exact) mass is 1290 g/mol. The molecule has 0 spiro atoms. The molecule has 6 heterocycles. The predicted molar refractivity (Wildman–Crippen MR) is 369 cm³/mol. The number of aromatic nitrogens is 15. The molecule has 0 aliphatic heterocycles. The summed E-state index contributed by atoms with van der Waals surface area (Å²) in [5.41, 5.74) is 39.4. The van der Waals surface area contributed by atoms with Gasteiger partial charge in [0.1, 0.15) is 34.7 Å². The Labute approximate surface area is 543 Å². The van der Waals surface area contributed by atoms with E-state index in [0.29, 0.717) is 63.7 Å². The van der Waals surface area contributed by atoms with Gasteiger partial charge in [-0.1, -0.05) is 55.6 Å². The van der Waals surface area contributed by atoms with Crippen LogP contribution in [0.15, 0.2) is 154 Å². The van der Waals surface area contributed by atoms with Crippen LogP contribution >= 0.6 is 35.3 Å². The number of hydrogen-bond acceptors (Lipinski definition) is 26. The van der Waals surface area contributed by atoms with Crippen LogP contribution < -0.4 is 58.8 Å². The first-order valence-electron chi connectivity index (χ1n) is 27.7. The van der Waals surface area contributed by atoms with E-state index in [4.69, 9.17) is 42.9 Å². The number of aromatic amines is 3. The van der Waals surface area contributed by atoms with Crippen molar-refractivity contribution >= 4 is 99.5 Å². The lowest BCUT2D eigenvalue weighted by atomic mass is 10.1. The number of nitrogens with zero attached hydrogens (tertiary/aromatic N) is 12. The average Bonchev–Trinajstić information content (AvgIpc) is 1.53. The van der Waals surface area contributed by atoms with E-state index in [1.165, 1.54) is 35.7 Å². The number of rotatable bonds is 18. The van der Waals surface area contributed by atoms with E-state index in [-0.39, 0.29) is 42.7 Å². The van der Waals surface area contributed by atoms with Crippen LogP contribution in [0.2, 0.25) is 0 Å². The lowest BCUT2D eigenvalue weighted by molar-refractivity contribution is 0.449. The Hall–Kier alpha value is -11.2. The number of aryl methyl sites for hydroxylation is 5. The summed E-state index contributed by atoms with van der Waals surface area (Å²) in [6, 6.07) is 44.0. The van der Waals surface area contributed by atoms with Gasteiger partial charge >= 0.3 is 0 Å². The zero-order valence-corrected chi connectivity index (χ0v) is 52.9. The molecule has 0 aliphatic rings. The molecule has 29 heteroatoms. The van der Waals surface area contributed by atoms with Crippen LogP contribution in [0.25, 0.3) is 34.2 Å². The second-order valence-corrected chi connectivity index (χ2v) is 22.5. The summed E-state index contributed by atoms with van der Waals surface area (Å²) in [5.74, 6) is 7.37. The lowest BCUT2D eigenvalue weighted by Crippen LogP contribution is -2.01. The first-order chi connectivity index (χ1) is 43.9. The number of nitrogen functional groups attached to an aromatic ring is 5. The van der Waals surface area contributed by atoms with Gasteiger partial charge in [0, 0.05) is 56.8 Å². The smallest absolute Gasteiger partial charge is 0.246 e. The number of H-pyrrole nitrogens is 3. The molecule has 16 N–H and O–H groups in total. The van der Waals surface area contributed by atoms with E-state index in [9.17, 15) is 0 Å². The first kappa shape index (κ1) is 65.3. The predicted octanol–water partition coefficient (Wildman–Crippen LogP) is 13.6. The van der Waals surface area contributed by atoms with Gasteiger partial charge in [0.05, 0.1) is 4.90 Å². The largest absolute Gasteiger partial charge is 0.439 e. The van der Waals surface area contributed by atoms with Crippen LogP contribution in [0.5, 0.6) is 34.9 Å². The first-order valence-corrected chi connectivity index (χ1v) is 31.4. The summed E-state index contributed by atoms with van der Waals surface area (Å²) in [7, 11) is 0. The van der Waals surface area contributed by atoms with Gasteiger partial charge < -0.3 is 58.8 Å². The van der Waals surface area contributed by atoms with Gasteiger partial charge in [-0.25, -0.2) is 4.98 Å². The molecule has 0 amide bonds. The molecule has 0 saturated carbocycles. The van der Waals surface area contributed by atoms with Gasteiger partial charge in [0.2, 0.25) is 47.4 Å². The molecule has 92 heavy (non-hydrogen) atoms. The summed E-state index contributed by atoms with van der Waals surface area (Å²) >= 11 is 4.51. The van der Waals surface area contributed by atoms with Crippen molar-refractivity contribution in [3.63, 3.8) is 0 Å². The van der Waals surface area contributed by atoms with Crippen molar-refractivity contribution in [3.05, 3.63) is 167 Å². The van der Waals surface area contributed by atoms with Crippen LogP contribution in [0.1, 0.15) is 35.2 Å². The Kier molecular flexibility index (Phi) is 21.2. The number of hydrogen-bond donors (Lipinski definition) is 11. The van der Waals surface area contributed by atoms with E-state index in [0.717, 1.165) is 77.1 Å². The Balaban J connectivity index is 0.000000162. The maximum atomic E-state index is 6.05. The standard InChI is InChI=1S/C22H23N7OS.2C20H20N8OS.CH4/c1-12-6-5-7-16(8-12)24-21-27-20(28-29-21)15-9-13(2)19(14(3)10-15)30-18-11-17(23)25-22(26-18)31-4;1-11-4-3-5-13(8-11)23-20-26-18(27-28-20)12-6-7-14(15(9-12)30-2)29-17-10-16(21)24-19(22)25-17;1-11-4-3-5-12(8-11)23-20-26-18(27-28-20)14-7-6-13(9-15(14)30-2)29-17-10-16(21)24-19(22)25-17;/h5-11H,1-4H3,(H2,23,25,26)(H2,24,27,28,29);2*3-10H,1-2H3,(H4,21,22,24,25)(H2,23,26,27,28);1H4. The number of nitrogens with two attached hydrogens (primary N) is 5. The number of nitrogens with one attached hydrogen (secondary N) is 6. The van der Waals surface area contributed by atoms with Crippen LogP contribution in [-0.2, 0) is 0 Å². The second kappa shape index (κ2) is 29.9. The molecule has 0 saturated heterocycles. The Morgan fingerprint density at radius 2 is 0.870 bits per heavy atom. The van der Waals surface area contributed by atoms with Crippen molar-refractivity contribution in [1.82, 2.24) is 75.4 Å². The van der Waals surface area contributed by atoms with Gasteiger partial charge in [0.25, 0.3) is 0 Å². The van der Waals surface area contributed by atoms with Crippen LogP contribution in [-0.4, -0.2) is 94.2 Å². The molecule has 26 nitrogen and oxygen atoms in total. The SMILES string of the molecule is C.CSc1cc(-c2nc(Nc3cccc(C)c3)n[nH]2)ccc1Oc1cc(N)nc(N)n1.CSc1cc(Oc2cc(N)nc(N)n2)ccc1-c1nc(Nc2cccc(C)c2)n[nH]1.CSc1nc(N)cc(Oc2c(C)cc(-c3nc(Nc4cccc(C)c4)n[nH]3)cc2C)n1. The van der Waals surface area contributed by atoms with Crippen LogP contribution in [0, 0.1) is 34.6 Å². The van der Waals surface area contributed by atoms with E-state index in [1.54, 1.807) is 17.8 Å². The normalized spacial score (nSPS) is 10.7. The number of benzene rings is 6. The summed E-state index contributed by atoms with van der Waals surface area (Å²) in [5, 5.41) is 31.9. The van der Waals surface area contributed by atoms with Crippen LogP contribution in [0.3, 0.4) is 0 Å². The number of anilines is 11. The van der Waals surface area contributed by atoms with Gasteiger partial charge in [-0.05, 0) is 166 Å². The van der Waals surface area contributed by atoms with Gasteiger partial charge in [-0.3, -0.25) is 15.3 Å². The third-order valence-corrected chi connectivity index (χ3v) is 15.0. The highest BCUT2D eigenvalue weighted by molar-refractivity contribution is 7.99. The summed E-state index contributed by atoms with van der Waals surface area (Å²) < 4.78 is 17.7. The highest BCUT2D eigenvalue weighted by atomic mass is 32.2. The summed E-state index contributed by atoms with van der Waals surface area (Å²) in [6.45, 7) is 10.1. The zero-order valence-electron chi connectivity index (χ0n) is 50.5. The maximum Gasteiger partial charge on any atom is 0.246 e. The quantitative estimate of drug-likeness (QED) is 0.0281. The minimum Gasteiger partial charge on any atom is -0.439 e. The molecule has 0 unspecified atom stereocenters. The fourth-order valence-corrected chi connectivity index (χ4v) is 10.4. The number of ether oxygens (including phenoxy) is 3. The molecule has 470 valence electrons. The molecule has 0 radical (unpaired) electrons. The van der Waals surface area contributed by atoms with Gasteiger partial charge in [-0.15, -0.1) is 38.8 Å². The van der Waals surface area contributed by atoms with Crippen molar-refractivity contribution in [2.75, 3.05) is 63.4 Å². The maximum absolute atomic E-state index is 6.05. The van der Waals surface area contributed by atoms with Crippen LogP contribution in [0.4, 0.5) is 64.3 Å². The lowest BCUT2D eigenvalue weighted by Gasteiger charge is -2.13. The van der Waals surface area contributed by atoms with Crippen molar-refractivity contribution in [3.8, 4) is 69.1 Å². The highest BCUT2D eigenvalue weighted by Gasteiger charge is 2.17. The molecule has 0 aliphatic carbocycles. The highest BCUT2D eigenvalue weighted by Crippen LogP contribution is 2.38. The van der Waals surface area contributed by atoms with Crippen molar-refractivity contribution < 1.29 is 14.2 Å². The third kappa shape index (κ3) is 17.4. The minimum absolute atomic E-state index is 0. The molecule has 6 aromatic carbocycles. The molecule has 0 bridgehead atoms. The third-order valence-electron chi connectivity index (χ3n) is 12.9. The molecule has 0 atom stereocenters. The van der Waals surface area contributed by atoms with E-state index in [1.807, 2.05) is 175 Å². The van der Waals surface area contributed by atoms with Crippen molar-refractivity contribution in [1.29, 1.82) is 0 Å². The number of thioether (sulfide) groups is 3. The minimum atomic E-state index is 0. The van der Waals surface area contributed by atoms with Gasteiger partial charge in [0.15, 0.2) is 22.6 Å². The molecule has 6 aromatic heterocycles. The Bertz CT molecular complexity index is 4460. The fourth-order valence-electron chi connectivity index (χ4n) is 8.89. The van der Waals surface area contributed by atoms with Gasteiger partial charge in [-0.2, -0.15) is 39.9 Å². The molecule has 12 rings (SSSR count). The molecular weight excluding hydrogens is 1220 g/mol. The topological polar surface area (TPSA) is 396 Å². The Morgan fingerprint density at radius 3 is 1.36 bits per heavy atom. The molecular formula is C63H67N23O3S3. The fraction of sp³-hybridized carbons (Fsp3) is 0.143. The van der Waals surface area contributed by atoms with Crippen molar-refractivity contribution in [2.24, 2.45) is 0 Å². The average molecular weight is 1290 g/mol. The zero-order chi connectivity index (χ0) is 64.1. The second-order valence-electron chi connectivity index (χ2n) is 20.1. The summed E-state index contributed by atoms with van der Waals surface area (Å²) in [4.78, 5) is 39.8.